The zero-order valence-corrected chi connectivity index (χ0v) is 18.2. The molecule has 0 atom stereocenters. The zero-order valence-electron chi connectivity index (χ0n) is 17.3. The number of nitrogens with two attached hydrogens (primary N) is 1. The van der Waals surface area contributed by atoms with Gasteiger partial charge in [-0.3, -0.25) is 24.4 Å². The van der Waals surface area contributed by atoms with E-state index in [4.69, 9.17) is 5.73 Å². The average Bonchev–Trinajstić information content (AvgIpc) is 3.24. The number of aryl methyl sites for hydroxylation is 1. The number of hydrogen-bond acceptors (Lipinski definition) is 8. The number of pyridine rings is 1. The lowest BCUT2D eigenvalue weighted by Crippen LogP contribution is -2.14. The van der Waals surface area contributed by atoms with Gasteiger partial charge in [0.1, 0.15) is 0 Å². The summed E-state index contributed by atoms with van der Waals surface area (Å²) in [5.41, 5.74) is 10.1. The topological polar surface area (TPSA) is 141 Å². The van der Waals surface area contributed by atoms with E-state index in [9.17, 15) is 8.42 Å². The molecule has 32 heavy (non-hydrogen) atoms. The number of rotatable bonds is 6. The fourth-order valence-electron chi connectivity index (χ4n) is 3.06. The summed E-state index contributed by atoms with van der Waals surface area (Å²) in [6.07, 6.45) is 9.31. The van der Waals surface area contributed by atoms with Crippen LogP contribution in [0.15, 0.2) is 71.3 Å². The second-order valence-electron chi connectivity index (χ2n) is 6.86. The molecular weight excluding hydrogens is 428 g/mol. The summed E-state index contributed by atoms with van der Waals surface area (Å²) in [6.45, 7) is 0. The van der Waals surface area contributed by atoms with Crippen LogP contribution in [-0.4, -0.2) is 46.4 Å². The van der Waals surface area contributed by atoms with Crippen molar-refractivity contribution in [3.05, 3.63) is 67.0 Å². The van der Waals surface area contributed by atoms with Gasteiger partial charge in [-0.15, -0.1) is 0 Å². The molecule has 162 valence electrons. The highest BCUT2D eigenvalue weighted by molar-refractivity contribution is 7.92. The Balaban J connectivity index is 1.68. The predicted octanol–water partition coefficient (Wildman–Crippen LogP) is 2.23. The van der Waals surface area contributed by atoms with E-state index in [0.717, 1.165) is 5.56 Å². The molecule has 0 spiro atoms. The van der Waals surface area contributed by atoms with Crippen molar-refractivity contribution in [2.75, 3.05) is 11.8 Å². The summed E-state index contributed by atoms with van der Waals surface area (Å²) >= 11 is 0. The molecule has 0 radical (unpaired) electrons. The minimum Gasteiger partial charge on any atom is -0.404 e. The Kier molecular flexibility index (Phi) is 5.65. The molecule has 0 saturated heterocycles. The Bertz CT molecular complexity index is 1460. The highest BCUT2D eigenvalue weighted by Crippen LogP contribution is 2.26. The summed E-state index contributed by atoms with van der Waals surface area (Å²) in [4.78, 5) is 17.2. The molecule has 11 heteroatoms. The molecule has 0 fully saturated rings. The quantitative estimate of drug-likeness (QED) is 0.431. The standard InChI is InChI=1S/C21H20N8O2S/c1-23-10-16(9-22)20-13-25-18-4-3-14(8-19(18)26-20)15-7-17(12-24-11-15)28-32(30,31)21-5-6-29(2)27-21/h3-13,28H,22H2,1-2H3. The first-order valence-corrected chi connectivity index (χ1v) is 11.0. The SMILES string of the molecule is CN=CC(=CN)c1cnc2ccc(-c3cncc(NS(=O)(=O)c4ccn(C)n4)c3)cc2n1. The number of nitrogens with zero attached hydrogens (tertiary/aromatic N) is 6. The smallest absolute Gasteiger partial charge is 0.281 e. The number of fused-ring (bicyclic) bond motifs is 1. The van der Waals surface area contributed by atoms with E-state index < -0.39 is 10.0 Å². The Morgan fingerprint density at radius 2 is 1.97 bits per heavy atom. The zero-order chi connectivity index (χ0) is 22.7. The minimum atomic E-state index is -3.82. The summed E-state index contributed by atoms with van der Waals surface area (Å²) in [5.74, 6) is 0. The summed E-state index contributed by atoms with van der Waals surface area (Å²) < 4.78 is 29.1. The van der Waals surface area contributed by atoms with Gasteiger partial charge in [0.25, 0.3) is 10.0 Å². The largest absolute Gasteiger partial charge is 0.404 e. The number of allylic oxidation sites excluding steroid dienone is 1. The maximum absolute atomic E-state index is 12.6. The molecule has 0 unspecified atom stereocenters. The lowest BCUT2D eigenvalue weighted by molar-refractivity contribution is 0.593. The number of aromatic nitrogens is 5. The van der Waals surface area contributed by atoms with Gasteiger partial charge in [-0.05, 0) is 29.8 Å². The molecule has 4 rings (SSSR count). The Morgan fingerprint density at radius 3 is 2.69 bits per heavy atom. The first-order chi connectivity index (χ1) is 15.4. The Labute approximate surface area is 184 Å². The van der Waals surface area contributed by atoms with Gasteiger partial charge in [-0.25, -0.2) is 4.98 Å². The fraction of sp³-hybridized carbons (Fsp3) is 0.0952. The number of sulfonamides is 1. The number of benzene rings is 1. The molecule has 3 heterocycles. The maximum Gasteiger partial charge on any atom is 0.281 e. The van der Waals surface area contributed by atoms with E-state index >= 15 is 0 Å². The summed E-state index contributed by atoms with van der Waals surface area (Å²) in [6, 6.07) is 8.69. The minimum absolute atomic E-state index is 0.0710. The van der Waals surface area contributed by atoms with Crippen molar-refractivity contribution in [3.63, 3.8) is 0 Å². The van der Waals surface area contributed by atoms with Crippen LogP contribution in [0.4, 0.5) is 5.69 Å². The lowest BCUT2D eigenvalue weighted by atomic mass is 10.1. The van der Waals surface area contributed by atoms with E-state index in [1.54, 1.807) is 45.0 Å². The third kappa shape index (κ3) is 4.32. The molecule has 10 nitrogen and oxygen atoms in total. The van der Waals surface area contributed by atoms with Crippen molar-refractivity contribution in [2.45, 2.75) is 5.03 Å². The van der Waals surface area contributed by atoms with E-state index in [1.165, 1.54) is 23.1 Å². The second kappa shape index (κ2) is 8.55. The van der Waals surface area contributed by atoms with Gasteiger partial charge < -0.3 is 5.73 Å². The first kappa shape index (κ1) is 21.1. The van der Waals surface area contributed by atoms with Crippen molar-refractivity contribution in [3.8, 4) is 11.1 Å². The molecule has 0 aliphatic heterocycles. The number of hydrogen-bond donors (Lipinski definition) is 2. The average molecular weight is 449 g/mol. The lowest BCUT2D eigenvalue weighted by Gasteiger charge is -2.09. The van der Waals surface area contributed by atoms with Crippen LogP contribution in [0.5, 0.6) is 0 Å². The van der Waals surface area contributed by atoms with Crippen molar-refractivity contribution in [2.24, 2.45) is 17.8 Å². The summed E-state index contributed by atoms with van der Waals surface area (Å²) in [5, 5.41) is 3.87. The van der Waals surface area contributed by atoms with Crippen molar-refractivity contribution in [1.29, 1.82) is 0 Å². The van der Waals surface area contributed by atoms with Crippen molar-refractivity contribution >= 4 is 38.5 Å². The molecule has 0 aliphatic rings. The predicted molar refractivity (Wildman–Crippen MR) is 123 cm³/mol. The van der Waals surface area contributed by atoms with Crippen LogP contribution >= 0.6 is 0 Å². The monoisotopic (exact) mass is 448 g/mol. The van der Waals surface area contributed by atoms with Gasteiger partial charge in [0.2, 0.25) is 0 Å². The maximum atomic E-state index is 12.6. The molecule has 0 aliphatic carbocycles. The Morgan fingerprint density at radius 1 is 1.12 bits per heavy atom. The van der Waals surface area contributed by atoms with Crippen molar-refractivity contribution < 1.29 is 8.42 Å². The van der Waals surface area contributed by atoms with Crippen LogP contribution < -0.4 is 10.5 Å². The number of aliphatic imine (C=N–C) groups is 1. The van der Waals surface area contributed by atoms with E-state index in [1.807, 2.05) is 18.2 Å². The van der Waals surface area contributed by atoms with Crippen LogP contribution in [0.25, 0.3) is 27.7 Å². The number of anilines is 1. The van der Waals surface area contributed by atoms with Crippen molar-refractivity contribution in [1.82, 2.24) is 24.7 Å². The normalized spacial score (nSPS) is 12.5. The van der Waals surface area contributed by atoms with Crippen LogP contribution in [0.3, 0.4) is 0 Å². The molecule has 3 aromatic heterocycles. The number of nitrogens with one attached hydrogen (secondary N) is 1. The van der Waals surface area contributed by atoms with Crippen LogP contribution in [0, 0.1) is 0 Å². The third-order valence-corrected chi connectivity index (χ3v) is 5.85. The Hall–Kier alpha value is -4.12. The van der Waals surface area contributed by atoms with Crippen LogP contribution in [0.1, 0.15) is 5.69 Å². The molecule has 3 N–H and O–H groups in total. The van der Waals surface area contributed by atoms with Gasteiger partial charge in [0, 0.05) is 50.0 Å². The molecule has 0 saturated carbocycles. The van der Waals surface area contributed by atoms with E-state index in [0.29, 0.717) is 33.6 Å². The highest BCUT2D eigenvalue weighted by atomic mass is 32.2. The molecular formula is C21H20N8O2S. The summed E-state index contributed by atoms with van der Waals surface area (Å²) in [7, 11) is -0.524. The van der Waals surface area contributed by atoms with Gasteiger partial charge in [0.15, 0.2) is 5.03 Å². The molecule has 1 aromatic carbocycles. The van der Waals surface area contributed by atoms with E-state index in [2.05, 4.69) is 29.8 Å². The van der Waals surface area contributed by atoms with Gasteiger partial charge in [-0.1, -0.05) is 6.07 Å². The highest BCUT2D eigenvalue weighted by Gasteiger charge is 2.17. The van der Waals surface area contributed by atoms with Crippen LogP contribution in [-0.2, 0) is 17.1 Å². The molecule has 0 bridgehead atoms. The third-order valence-electron chi connectivity index (χ3n) is 4.57. The second-order valence-corrected chi connectivity index (χ2v) is 8.49. The fourth-order valence-corrected chi connectivity index (χ4v) is 4.06. The van der Waals surface area contributed by atoms with Gasteiger partial charge in [-0.2, -0.15) is 13.5 Å². The molecule has 4 aromatic rings. The van der Waals surface area contributed by atoms with Crippen LogP contribution in [0.2, 0.25) is 0 Å². The first-order valence-electron chi connectivity index (χ1n) is 9.49. The van der Waals surface area contributed by atoms with Gasteiger partial charge >= 0.3 is 0 Å². The van der Waals surface area contributed by atoms with Gasteiger partial charge in [0.05, 0.1) is 34.8 Å². The molecule has 0 amide bonds. The van der Waals surface area contributed by atoms with E-state index in [-0.39, 0.29) is 5.03 Å².